The van der Waals surface area contributed by atoms with Crippen LogP contribution in [0.5, 0.6) is 0 Å². The van der Waals surface area contributed by atoms with Gasteiger partial charge in [-0.15, -0.1) is 0 Å². The second-order valence-electron chi connectivity index (χ2n) is 5.63. The monoisotopic (exact) mass is 383 g/mol. The van der Waals surface area contributed by atoms with Crippen LogP contribution in [0.25, 0.3) is 0 Å². The lowest BCUT2D eigenvalue weighted by Gasteiger charge is -2.28. The highest BCUT2D eigenvalue weighted by Crippen LogP contribution is 2.53. The van der Waals surface area contributed by atoms with Crippen LogP contribution in [-0.4, -0.2) is 22.2 Å². The van der Waals surface area contributed by atoms with E-state index < -0.39 is 28.7 Å². The number of carbonyl (C=O) groups is 1. The van der Waals surface area contributed by atoms with Gasteiger partial charge in [-0.2, -0.15) is 18.2 Å². The average Bonchev–Trinajstić information content (AvgIpc) is 2.93. The van der Waals surface area contributed by atoms with Crippen molar-refractivity contribution in [2.45, 2.75) is 23.9 Å². The Morgan fingerprint density at radius 2 is 1.81 bits per heavy atom. The molecule has 3 rings (SSSR count). The van der Waals surface area contributed by atoms with E-state index in [0.29, 0.717) is 0 Å². The molecule has 2 aromatic rings. The Kier molecular flexibility index (Phi) is 4.74. The molecule has 1 N–H and O–H groups in total. The van der Waals surface area contributed by atoms with Gasteiger partial charge in [-0.25, -0.2) is 4.39 Å². The number of carbonyl (C=O) groups excluding carboxylic acids is 1. The molecule has 136 valence electrons. The quantitative estimate of drug-likeness (QED) is 0.816. The number of amides is 1. The van der Waals surface area contributed by atoms with Crippen LogP contribution in [-0.2, 0) is 9.54 Å². The summed E-state index contributed by atoms with van der Waals surface area (Å²) < 4.78 is 52.5. The smallest absolute Gasteiger partial charge is 0.358 e. The molecule has 2 atom stereocenters. The summed E-state index contributed by atoms with van der Waals surface area (Å²) >= 11 is 0.269. The number of hydrogen-bond acceptors (Lipinski definition) is 4. The van der Waals surface area contributed by atoms with Crippen LogP contribution in [0.2, 0.25) is 0 Å². The van der Waals surface area contributed by atoms with E-state index in [0.717, 1.165) is 12.1 Å². The average molecular weight is 383 g/mol. The number of nitrogens with zero attached hydrogens (tertiary/aromatic N) is 2. The fourth-order valence-electron chi connectivity index (χ4n) is 2.65. The molecule has 0 spiro atoms. The number of nitrogens with one attached hydrogen (secondary N) is 1. The van der Waals surface area contributed by atoms with Gasteiger partial charge in [0.2, 0.25) is 4.75 Å². The molecule has 1 unspecified atom stereocenters. The minimum Gasteiger partial charge on any atom is -0.358 e. The molecule has 26 heavy (non-hydrogen) atoms. The van der Waals surface area contributed by atoms with Crippen molar-refractivity contribution < 1.29 is 22.4 Å². The van der Waals surface area contributed by atoms with E-state index in [1.165, 1.54) is 30.6 Å². The molecule has 0 fully saturated rings. The van der Waals surface area contributed by atoms with Gasteiger partial charge in [0.1, 0.15) is 5.82 Å². The maximum atomic E-state index is 13.9. The first-order chi connectivity index (χ1) is 12.3. The first kappa shape index (κ1) is 18.4. The summed E-state index contributed by atoms with van der Waals surface area (Å²) in [6.45, 7) is 1.58. The first-order valence-electron chi connectivity index (χ1n) is 7.56. The lowest BCUT2D eigenvalue weighted by Crippen LogP contribution is -2.44. The van der Waals surface area contributed by atoms with Gasteiger partial charge in [-0.05, 0) is 30.7 Å². The van der Waals surface area contributed by atoms with Gasteiger partial charge in [0.25, 0.3) is 5.91 Å². The van der Waals surface area contributed by atoms with Gasteiger partial charge in [0.05, 0.1) is 6.04 Å². The third kappa shape index (κ3) is 3.07. The summed E-state index contributed by atoms with van der Waals surface area (Å²) in [5.74, 6) is -1.83. The Morgan fingerprint density at radius 1 is 1.15 bits per heavy atom. The van der Waals surface area contributed by atoms with Crippen molar-refractivity contribution in [3.05, 3.63) is 65.7 Å². The predicted molar refractivity (Wildman–Crippen MR) is 90.0 cm³/mol. The van der Waals surface area contributed by atoms with Crippen molar-refractivity contribution in [3.63, 3.8) is 0 Å². The van der Waals surface area contributed by atoms with Gasteiger partial charge >= 0.3 is 6.18 Å². The number of thioether (sulfide) groups is 1. The highest BCUT2D eigenvalue weighted by molar-refractivity contribution is 8.15. The molecule has 1 aliphatic rings. The van der Waals surface area contributed by atoms with Crippen LogP contribution in [0.4, 0.5) is 17.6 Å². The first-order valence-corrected chi connectivity index (χ1v) is 8.37. The molecule has 1 aromatic carbocycles. The zero-order valence-corrected chi connectivity index (χ0v) is 14.2. The molecule has 1 amide bonds. The number of amidine groups is 1. The molecule has 2 heterocycles. The zero-order valence-electron chi connectivity index (χ0n) is 13.4. The number of rotatable bonds is 3. The molecule has 0 radical (unpaired) electrons. The Labute approximate surface area is 150 Å². The third-order valence-electron chi connectivity index (χ3n) is 3.95. The molecule has 0 saturated carbocycles. The number of alkyl halides is 3. The summed E-state index contributed by atoms with van der Waals surface area (Å²) in [5.41, 5.74) is 0.00534. The number of aromatic nitrogens is 1. The van der Waals surface area contributed by atoms with E-state index in [4.69, 9.17) is 0 Å². The molecular formula is C17H13F4N3OS. The molecule has 0 bridgehead atoms. The van der Waals surface area contributed by atoms with Crippen LogP contribution in [0.15, 0.2) is 53.8 Å². The lowest BCUT2D eigenvalue weighted by molar-refractivity contribution is -0.170. The number of hydrogen-bond donors (Lipinski definition) is 1. The molecule has 9 heteroatoms. The van der Waals surface area contributed by atoms with E-state index in [2.05, 4.69) is 15.3 Å². The van der Waals surface area contributed by atoms with Crippen molar-refractivity contribution in [2.24, 2.45) is 4.99 Å². The van der Waals surface area contributed by atoms with Crippen LogP contribution in [0, 0.1) is 5.82 Å². The molecule has 0 saturated heterocycles. The Hall–Kier alpha value is -2.42. The fourth-order valence-corrected chi connectivity index (χ4v) is 3.80. The van der Waals surface area contributed by atoms with Crippen LogP contribution in [0.1, 0.15) is 24.1 Å². The second-order valence-corrected chi connectivity index (χ2v) is 6.83. The summed E-state index contributed by atoms with van der Waals surface area (Å²) in [7, 11) is 0. The summed E-state index contributed by atoms with van der Waals surface area (Å²) in [5, 5.41) is 2.49. The van der Waals surface area contributed by atoms with E-state index >= 15 is 0 Å². The Morgan fingerprint density at radius 3 is 2.42 bits per heavy atom. The van der Waals surface area contributed by atoms with Crippen LogP contribution >= 0.6 is 11.8 Å². The molecule has 4 nitrogen and oxygen atoms in total. The van der Waals surface area contributed by atoms with Crippen LogP contribution < -0.4 is 5.32 Å². The standard InChI is InChI=1S/C17H13F4N3OS/c1-10(12-4-2-3-5-13(12)18)23-15-24-14(25)16(26-15,17(19,20)21)11-6-8-22-9-7-11/h2-10H,1H3,(H,23,24,25)/t10-,16?/m0/s1. The van der Waals surface area contributed by atoms with Crippen molar-refractivity contribution in [3.8, 4) is 0 Å². The number of halogens is 4. The van der Waals surface area contributed by atoms with Gasteiger partial charge in [0, 0.05) is 18.0 Å². The topological polar surface area (TPSA) is 54.4 Å². The van der Waals surface area contributed by atoms with Crippen molar-refractivity contribution in [1.29, 1.82) is 0 Å². The Bertz CT molecular complexity index is 857. The van der Waals surface area contributed by atoms with Crippen LogP contribution in [0.3, 0.4) is 0 Å². The maximum Gasteiger partial charge on any atom is 0.416 e. The minimum atomic E-state index is -4.87. The van der Waals surface area contributed by atoms with E-state index in [1.54, 1.807) is 13.0 Å². The highest BCUT2D eigenvalue weighted by atomic mass is 32.2. The predicted octanol–water partition coefficient (Wildman–Crippen LogP) is 3.96. The van der Waals surface area contributed by atoms with E-state index in [-0.39, 0.29) is 28.1 Å². The third-order valence-corrected chi connectivity index (χ3v) is 5.30. The van der Waals surface area contributed by atoms with E-state index in [9.17, 15) is 22.4 Å². The summed E-state index contributed by atoms with van der Waals surface area (Å²) in [4.78, 5) is 19.5. The fraction of sp³-hybridized carbons (Fsp3) is 0.235. The number of aliphatic imine (C=N–C) groups is 1. The Balaban J connectivity index is 1.90. The normalized spacial score (nSPS) is 21.4. The second kappa shape index (κ2) is 6.71. The summed E-state index contributed by atoms with van der Waals surface area (Å²) in [6, 6.07) is 7.48. The highest BCUT2D eigenvalue weighted by Gasteiger charge is 2.65. The molecular weight excluding hydrogens is 370 g/mol. The summed E-state index contributed by atoms with van der Waals surface area (Å²) in [6.07, 6.45) is -2.50. The SMILES string of the molecule is C[C@H](NC1=NC(=O)C(c2ccncc2)(C(F)(F)F)S1)c1ccccc1F. The van der Waals surface area contributed by atoms with Gasteiger partial charge in [-0.3, -0.25) is 9.78 Å². The van der Waals surface area contributed by atoms with Crippen molar-refractivity contribution in [1.82, 2.24) is 10.3 Å². The largest absolute Gasteiger partial charge is 0.416 e. The van der Waals surface area contributed by atoms with Crippen molar-refractivity contribution in [2.75, 3.05) is 0 Å². The van der Waals surface area contributed by atoms with Crippen molar-refractivity contribution >= 4 is 22.8 Å². The molecule has 1 aliphatic heterocycles. The van der Waals surface area contributed by atoms with Gasteiger partial charge < -0.3 is 5.32 Å². The molecule has 1 aromatic heterocycles. The zero-order chi connectivity index (χ0) is 18.9. The lowest BCUT2D eigenvalue weighted by atomic mass is 9.98. The number of pyridine rings is 1. The number of benzene rings is 1. The van der Waals surface area contributed by atoms with Gasteiger partial charge in [-0.1, -0.05) is 30.0 Å². The molecule has 0 aliphatic carbocycles. The minimum absolute atomic E-state index is 0.208. The van der Waals surface area contributed by atoms with E-state index in [1.807, 2.05) is 0 Å². The van der Waals surface area contributed by atoms with Gasteiger partial charge in [0.15, 0.2) is 5.17 Å². The maximum absolute atomic E-state index is 13.9.